The van der Waals surface area contributed by atoms with Crippen molar-refractivity contribution in [3.05, 3.63) is 47.0 Å². The maximum Gasteiger partial charge on any atom is 0.250 e. The average molecular weight is 293 g/mol. The van der Waals surface area contributed by atoms with Crippen LogP contribution in [-0.4, -0.2) is 15.5 Å². The van der Waals surface area contributed by atoms with Crippen LogP contribution < -0.4 is 11.1 Å². The highest BCUT2D eigenvalue weighted by molar-refractivity contribution is 6.33. The highest BCUT2D eigenvalue weighted by Gasteiger charge is 2.09. The number of primary amides is 1. The van der Waals surface area contributed by atoms with E-state index in [0.717, 1.165) is 11.4 Å². The zero-order chi connectivity index (χ0) is 14.7. The van der Waals surface area contributed by atoms with Gasteiger partial charge in [-0.2, -0.15) is 0 Å². The van der Waals surface area contributed by atoms with Gasteiger partial charge in [-0.05, 0) is 32.0 Å². The van der Waals surface area contributed by atoms with Crippen molar-refractivity contribution in [1.82, 2.24) is 9.55 Å². The van der Waals surface area contributed by atoms with E-state index in [0.29, 0.717) is 23.2 Å². The average Bonchev–Trinajstić information content (AvgIpc) is 2.86. The number of nitrogens with two attached hydrogens (primary N) is 1. The molecule has 5 nitrogen and oxygen atoms in total. The van der Waals surface area contributed by atoms with Crippen molar-refractivity contribution < 1.29 is 4.79 Å². The van der Waals surface area contributed by atoms with Gasteiger partial charge < -0.3 is 15.6 Å². The van der Waals surface area contributed by atoms with E-state index in [1.165, 1.54) is 0 Å². The number of nitrogens with zero attached hydrogens (tertiary/aromatic N) is 2. The smallest absolute Gasteiger partial charge is 0.250 e. The number of anilines is 1. The minimum absolute atomic E-state index is 0.314. The van der Waals surface area contributed by atoms with Crippen molar-refractivity contribution >= 4 is 23.2 Å². The summed E-state index contributed by atoms with van der Waals surface area (Å²) in [5.74, 6) is -0.536. The molecule has 3 N–H and O–H groups in total. The number of imidazole rings is 1. The summed E-state index contributed by atoms with van der Waals surface area (Å²) in [5.41, 5.74) is 7.44. The predicted octanol–water partition coefficient (Wildman–Crippen LogP) is 2.83. The number of halogens is 1. The molecule has 0 spiro atoms. The molecule has 0 fully saturated rings. The third kappa shape index (κ3) is 3.11. The summed E-state index contributed by atoms with van der Waals surface area (Å²) >= 11 is 5.91. The number of aromatic nitrogens is 2. The molecular weight excluding hydrogens is 276 g/mol. The van der Waals surface area contributed by atoms with E-state index in [1.54, 1.807) is 18.5 Å². The van der Waals surface area contributed by atoms with Gasteiger partial charge in [0.2, 0.25) is 5.91 Å². The molecule has 0 aliphatic heterocycles. The zero-order valence-corrected chi connectivity index (χ0v) is 12.2. The molecule has 0 bridgehead atoms. The van der Waals surface area contributed by atoms with Gasteiger partial charge in [0.1, 0.15) is 0 Å². The molecule has 106 valence electrons. The molecule has 1 aromatic heterocycles. The molecule has 0 unspecified atom stereocenters. The predicted molar refractivity (Wildman–Crippen MR) is 79.9 cm³/mol. The minimum atomic E-state index is -0.536. The van der Waals surface area contributed by atoms with E-state index < -0.39 is 5.91 Å². The van der Waals surface area contributed by atoms with Crippen molar-refractivity contribution in [2.75, 3.05) is 5.32 Å². The number of hydrogen-bond donors (Lipinski definition) is 2. The van der Waals surface area contributed by atoms with Gasteiger partial charge in [-0.1, -0.05) is 11.6 Å². The van der Waals surface area contributed by atoms with Crippen LogP contribution in [0, 0.1) is 0 Å². The number of carbonyl (C=O) groups excluding carboxylic acids is 1. The van der Waals surface area contributed by atoms with Crippen molar-refractivity contribution in [3.63, 3.8) is 0 Å². The van der Waals surface area contributed by atoms with Gasteiger partial charge in [-0.25, -0.2) is 4.98 Å². The Morgan fingerprint density at radius 3 is 2.90 bits per heavy atom. The normalized spacial score (nSPS) is 10.8. The lowest BCUT2D eigenvalue weighted by Crippen LogP contribution is -2.13. The summed E-state index contributed by atoms with van der Waals surface area (Å²) in [6.07, 6.45) is 3.62. The Morgan fingerprint density at radius 2 is 2.25 bits per heavy atom. The number of rotatable bonds is 5. The molecule has 2 aromatic rings. The van der Waals surface area contributed by atoms with E-state index >= 15 is 0 Å². The summed E-state index contributed by atoms with van der Waals surface area (Å²) in [6, 6.07) is 5.47. The molecule has 0 saturated carbocycles. The topological polar surface area (TPSA) is 72.9 Å². The molecule has 1 amide bonds. The second-order valence-electron chi connectivity index (χ2n) is 4.80. The van der Waals surface area contributed by atoms with Crippen LogP contribution in [0.5, 0.6) is 0 Å². The van der Waals surface area contributed by atoms with Gasteiger partial charge in [-0.15, -0.1) is 0 Å². The third-order valence-electron chi connectivity index (χ3n) is 3.01. The summed E-state index contributed by atoms with van der Waals surface area (Å²) in [7, 11) is 0. The molecule has 0 saturated heterocycles. The van der Waals surface area contributed by atoms with Crippen LogP contribution >= 0.6 is 11.6 Å². The van der Waals surface area contributed by atoms with Gasteiger partial charge in [0.05, 0.1) is 29.2 Å². The van der Waals surface area contributed by atoms with Gasteiger partial charge in [0.15, 0.2) is 0 Å². The van der Waals surface area contributed by atoms with Gasteiger partial charge >= 0.3 is 0 Å². The number of amides is 1. The zero-order valence-electron chi connectivity index (χ0n) is 11.4. The molecule has 0 aliphatic carbocycles. The Bertz CT molecular complexity index is 621. The quantitative estimate of drug-likeness (QED) is 0.890. The number of nitrogens with one attached hydrogen (secondary N) is 1. The van der Waals surface area contributed by atoms with Crippen molar-refractivity contribution in [3.8, 4) is 0 Å². The van der Waals surface area contributed by atoms with E-state index in [1.807, 2.05) is 12.3 Å². The van der Waals surface area contributed by atoms with E-state index in [2.05, 4.69) is 28.7 Å². The molecule has 6 heteroatoms. The summed E-state index contributed by atoms with van der Waals surface area (Å²) in [6.45, 7) is 4.80. The first-order valence-electron chi connectivity index (χ1n) is 6.33. The van der Waals surface area contributed by atoms with Gasteiger partial charge in [0.25, 0.3) is 0 Å². The third-order valence-corrected chi connectivity index (χ3v) is 3.34. The lowest BCUT2D eigenvalue weighted by atomic mass is 10.2. The van der Waals surface area contributed by atoms with Crippen molar-refractivity contribution in [2.45, 2.75) is 26.4 Å². The summed E-state index contributed by atoms with van der Waals surface area (Å²) < 4.78 is 2.08. The SMILES string of the molecule is CC(C)n1cncc1CNc1ccc(Cl)c(C(N)=O)c1. The van der Waals surface area contributed by atoms with Crippen LogP contribution in [0.25, 0.3) is 0 Å². The van der Waals surface area contributed by atoms with Crippen molar-refractivity contribution in [2.24, 2.45) is 5.73 Å². The molecule has 2 rings (SSSR count). The van der Waals surface area contributed by atoms with Crippen LogP contribution in [0.1, 0.15) is 35.9 Å². The lowest BCUT2D eigenvalue weighted by Gasteiger charge is -2.13. The fraction of sp³-hybridized carbons (Fsp3) is 0.286. The molecule has 1 heterocycles. The fourth-order valence-electron chi connectivity index (χ4n) is 1.95. The highest BCUT2D eigenvalue weighted by Crippen LogP contribution is 2.21. The van der Waals surface area contributed by atoms with Crippen LogP contribution in [0.4, 0.5) is 5.69 Å². The Hall–Kier alpha value is -2.01. The number of carbonyl (C=O) groups is 1. The Balaban J connectivity index is 2.13. The van der Waals surface area contributed by atoms with Gasteiger partial charge in [0, 0.05) is 17.9 Å². The van der Waals surface area contributed by atoms with E-state index in [-0.39, 0.29) is 0 Å². The first kappa shape index (κ1) is 14.4. The highest BCUT2D eigenvalue weighted by atomic mass is 35.5. The number of benzene rings is 1. The second-order valence-corrected chi connectivity index (χ2v) is 5.21. The Kier molecular flexibility index (Phi) is 4.29. The summed E-state index contributed by atoms with van der Waals surface area (Å²) in [5, 5.41) is 3.59. The fourth-order valence-corrected chi connectivity index (χ4v) is 2.16. The minimum Gasteiger partial charge on any atom is -0.379 e. The maximum atomic E-state index is 11.2. The molecular formula is C14H17ClN4O. The standard InChI is InChI=1S/C14H17ClN4O/c1-9(2)19-8-17-6-11(19)7-18-10-3-4-13(15)12(5-10)14(16)20/h3-6,8-9,18H,7H2,1-2H3,(H2,16,20). The number of hydrogen-bond acceptors (Lipinski definition) is 3. The molecule has 1 aromatic carbocycles. The molecule has 20 heavy (non-hydrogen) atoms. The van der Waals surface area contributed by atoms with Crippen LogP contribution in [0.3, 0.4) is 0 Å². The monoisotopic (exact) mass is 292 g/mol. The summed E-state index contributed by atoms with van der Waals surface area (Å²) in [4.78, 5) is 15.4. The Morgan fingerprint density at radius 1 is 1.50 bits per heavy atom. The lowest BCUT2D eigenvalue weighted by molar-refractivity contribution is 0.100. The maximum absolute atomic E-state index is 11.2. The Labute approximate surface area is 122 Å². The van der Waals surface area contributed by atoms with Crippen LogP contribution in [0.15, 0.2) is 30.7 Å². The van der Waals surface area contributed by atoms with Crippen LogP contribution in [-0.2, 0) is 6.54 Å². The van der Waals surface area contributed by atoms with Crippen molar-refractivity contribution in [1.29, 1.82) is 0 Å². The first-order chi connectivity index (χ1) is 9.49. The first-order valence-corrected chi connectivity index (χ1v) is 6.70. The van der Waals surface area contributed by atoms with E-state index in [9.17, 15) is 4.79 Å². The largest absolute Gasteiger partial charge is 0.379 e. The molecule has 0 atom stereocenters. The molecule has 0 aliphatic rings. The van der Waals surface area contributed by atoms with E-state index in [4.69, 9.17) is 17.3 Å². The second kappa shape index (κ2) is 5.96. The van der Waals surface area contributed by atoms with Gasteiger partial charge in [-0.3, -0.25) is 4.79 Å². The van der Waals surface area contributed by atoms with Crippen LogP contribution in [0.2, 0.25) is 5.02 Å². The molecule has 0 radical (unpaired) electrons.